The molecule has 0 radical (unpaired) electrons. The number of hydrogen-bond donors (Lipinski definition) is 1. The molecule has 1 N–H and O–H groups in total. The Morgan fingerprint density at radius 3 is 2.71 bits per heavy atom. The largest absolute Gasteiger partial charge is 0.464 e. The number of aliphatic imine (C=N–C) groups is 2. The molecule has 0 saturated heterocycles. The van der Waals surface area contributed by atoms with Crippen molar-refractivity contribution in [2.24, 2.45) is 15.1 Å². The minimum absolute atomic E-state index is 0.284. The molecule has 0 fully saturated rings. The number of esters is 1. The summed E-state index contributed by atoms with van der Waals surface area (Å²) in [6, 6.07) is 15.4. The quantitative estimate of drug-likeness (QED) is 0.405. The van der Waals surface area contributed by atoms with Gasteiger partial charge < -0.3 is 9.64 Å². The molecule has 0 bridgehead atoms. The number of rotatable bonds is 7. The van der Waals surface area contributed by atoms with Crippen LogP contribution < -0.4 is 5.43 Å². The number of methoxy groups -OCH3 is 1. The van der Waals surface area contributed by atoms with Gasteiger partial charge in [0, 0.05) is 22.6 Å². The molecule has 7 nitrogen and oxygen atoms in total. The number of halogens is 1. The Morgan fingerprint density at radius 1 is 1.23 bits per heavy atom. The maximum absolute atomic E-state index is 12.1. The highest BCUT2D eigenvalue weighted by Crippen LogP contribution is 2.28. The number of carbonyl (C=O) groups is 1. The molecule has 2 aromatic rings. The monoisotopic (exact) mass is 439 g/mol. The predicted molar refractivity (Wildman–Crippen MR) is 126 cm³/mol. The predicted octanol–water partition coefficient (Wildman–Crippen LogP) is 3.68. The summed E-state index contributed by atoms with van der Waals surface area (Å²) < 4.78 is 4.87. The fourth-order valence-corrected chi connectivity index (χ4v) is 3.31. The molecule has 1 aliphatic heterocycles. The van der Waals surface area contributed by atoms with Crippen molar-refractivity contribution in [1.29, 1.82) is 0 Å². The minimum Gasteiger partial charge on any atom is -0.464 e. The molecule has 0 amide bonds. The molecule has 0 spiro atoms. The summed E-state index contributed by atoms with van der Waals surface area (Å²) >= 11 is 6.25. The van der Waals surface area contributed by atoms with Gasteiger partial charge in [0.15, 0.2) is 0 Å². The van der Waals surface area contributed by atoms with E-state index in [9.17, 15) is 4.79 Å². The summed E-state index contributed by atoms with van der Waals surface area (Å²) in [5, 5.41) is 4.90. The second-order valence-electron chi connectivity index (χ2n) is 7.32. The van der Waals surface area contributed by atoms with Gasteiger partial charge in [-0.15, -0.1) is 0 Å². The maximum atomic E-state index is 12.1. The van der Waals surface area contributed by atoms with E-state index in [1.165, 1.54) is 7.11 Å². The van der Waals surface area contributed by atoms with E-state index < -0.39 is 5.97 Å². The Morgan fingerprint density at radius 2 is 2.00 bits per heavy atom. The van der Waals surface area contributed by atoms with Crippen LogP contribution in [-0.2, 0) is 9.53 Å². The van der Waals surface area contributed by atoms with E-state index in [4.69, 9.17) is 21.3 Å². The van der Waals surface area contributed by atoms with Crippen molar-refractivity contribution < 1.29 is 9.53 Å². The van der Waals surface area contributed by atoms with Crippen molar-refractivity contribution >= 4 is 40.5 Å². The molecule has 0 aromatic heterocycles. The van der Waals surface area contributed by atoms with Crippen LogP contribution in [-0.4, -0.2) is 62.4 Å². The van der Waals surface area contributed by atoms with Crippen LogP contribution in [0.25, 0.3) is 0 Å². The normalized spacial score (nSPS) is 13.8. The molecule has 31 heavy (non-hydrogen) atoms. The van der Waals surface area contributed by atoms with Gasteiger partial charge >= 0.3 is 5.97 Å². The van der Waals surface area contributed by atoms with Crippen LogP contribution in [0.3, 0.4) is 0 Å². The van der Waals surface area contributed by atoms with E-state index in [-0.39, 0.29) is 6.54 Å². The molecular formula is C23H26ClN5O2. The first-order valence-corrected chi connectivity index (χ1v) is 10.4. The van der Waals surface area contributed by atoms with E-state index >= 15 is 0 Å². The zero-order valence-corrected chi connectivity index (χ0v) is 18.7. The minimum atomic E-state index is -0.457. The SMILES string of the molecule is COC(=O)C(CCCN(C)C)=NNC1=Nc2ccc(Cl)cc2C(c2ccccc2)=NC1. The standard InChI is InChI=1S/C23H26ClN5O2/c1-29(2)13-7-10-20(23(30)31-3)27-28-21-15-25-22(16-8-5-4-6-9-16)18-14-17(24)11-12-19(18)26-21/h4-6,8-9,11-12,14H,7,10,13,15H2,1-3H3,(H,26,28). The highest BCUT2D eigenvalue weighted by atomic mass is 35.5. The van der Waals surface area contributed by atoms with Gasteiger partial charge in [0.1, 0.15) is 11.5 Å². The molecule has 162 valence electrons. The van der Waals surface area contributed by atoms with Crippen LogP contribution in [0.4, 0.5) is 5.69 Å². The van der Waals surface area contributed by atoms with E-state index in [0.29, 0.717) is 23.0 Å². The van der Waals surface area contributed by atoms with E-state index in [0.717, 1.165) is 35.5 Å². The maximum Gasteiger partial charge on any atom is 0.354 e. The van der Waals surface area contributed by atoms with Crippen LogP contribution in [0.15, 0.2) is 63.6 Å². The van der Waals surface area contributed by atoms with Crippen LogP contribution >= 0.6 is 11.6 Å². The zero-order valence-electron chi connectivity index (χ0n) is 17.9. The summed E-state index contributed by atoms with van der Waals surface area (Å²) in [6.45, 7) is 1.13. The lowest BCUT2D eigenvalue weighted by molar-refractivity contribution is -0.132. The molecular weight excluding hydrogens is 414 g/mol. The number of hydrogen-bond acceptors (Lipinski definition) is 7. The average Bonchev–Trinajstić information content (AvgIpc) is 2.95. The van der Waals surface area contributed by atoms with Gasteiger partial charge in [0.25, 0.3) is 0 Å². The third-order valence-electron chi connectivity index (χ3n) is 4.66. The van der Waals surface area contributed by atoms with E-state index in [1.54, 1.807) is 6.07 Å². The molecule has 8 heteroatoms. The Labute approximate surface area is 187 Å². The summed E-state index contributed by atoms with van der Waals surface area (Å²) in [5.41, 5.74) is 6.61. The lowest BCUT2D eigenvalue weighted by Crippen LogP contribution is -2.26. The molecule has 0 aliphatic carbocycles. The lowest BCUT2D eigenvalue weighted by Gasteiger charge is -2.10. The van der Waals surface area contributed by atoms with E-state index in [1.807, 2.05) is 56.6 Å². The molecule has 3 rings (SSSR count). The number of nitrogens with zero attached hydrogens (tertiary/aromatic N) is 4. The Bertz CT molecular complexity index is 1020. The van der Waals surface area contributed by atoms with Crippen molar-refractivity contribution in [2.75, 3.05) is 34.3 Å². The molecule has 0 saturated carbocycles. The topological polar surface area (TPSA) is 78.6 Å². The third-order valence-corrected chi connectivity index (χ3v) is 4.90. The zero-order chi connectivity index (χ0) is 22.2. The Hall–Kier alpha value is -3.03. The average molecular weight is 440 g/mol. The van der Waals surface area contributed by atoms with Crippen LogP contribution in [0.1, 0.15) is 24.0 Å². The third kappa shape index (κ3) is 6.23. The van der Waals surface area contributed by atoms with Crippen molar-refractivity contribution in [3.8, 4) is 0 Å². The van der Waals surface area contributed by atoms with E-state index in [2.05, 4.69) is 20.4 Å². The van der Waals surface area contributed by atoms with Crippen LogP contribution in [0.2, 0.25) is 5.02 Å². The van der Waals surface area contributed by atoms with Crippen LogP contribution in [0.5, 0.6) is 0 Å². The van der Waals surface area contributed by atoms with Gasteiger partial charge in [-0.25, -0.2) is 9.79 Å². The van der Waals surface area contributed by atoms with Gasteiger partial charge in [-0.3, -0.25) is 10.4 Å². The summed E-state index contributed by atoms with van der Waals surface area (Å²) in [4.78, 5) is 23.6. The highest BCUT2D eigenvalue weighted by molar-refractivity contribution is 6.36. The fourth-order valence-electron chi connectivity index (χ4n) is 3.13. The number of hydrazone groups is 1. The van der Waals surface area contributed by atoms with Gasteiger partial charge in [0.05, 0.1) is 25.1 Å². The van der Waals surface area contributed by atoms with Gasteiger partial charge in [0.2, 0.25) is 0 Å². The molecule has 2 aromatic carbocycles. The molecule has 1 heterocycles. The Balaban J connectivity index is 1.88. The lowest BCUT2D eigenvalue weighted by atomic mass is 10.0. The second kappa shape index (κ2) is 10.8. The van der Waals surface area contributed by atoms with Gasteiger partial charge in [-0.2, -0.15) is 5.10 Å². The number of carbonyl (C=O) groups excluding carboxylic acids is 1. The fraction of sp³-hybridized carbons (Fsp3) is 0.304. The van der Waals surface area contributed by atoms with Crippen molar-refractivity contribution in [3.05, 3.63) is 64.7 Å². The first-order chi connectivity index (χ1) is 15.0. The number of amidine groups is 1. The first kappa shape index (κ1) is 22.7. The number of nitrogens with one attached hydrogen (secondary N) is 1. The summed E-state index contributed by atoms with van der Waals surface area (Å²) in [6.07, 6.45) is 1.28. The van der Waals surface area contributed by atoms with Crippen molar-refractivity contribution in [3.63, 3.8) is 0 Å². The smallest absolute Gasteiger partial charge is 0.354 e. The number of ether oxygens (including phenoxy) is 1. The van der Waals surface area contributed by atoms with Crippen molar-refractivity contribution in [1.82, 2.24) is 10.3 Å². The highest BCUT2D eigenvalue weighted by Gasteiger charge is 2.17. The van der Waals surface area contributed by atoms with Crippen molar-refractivity contribution in [2.45, 2.75) is 12.8 Å². The first-order valence-electron chi connectivity index (χ1n) is 10.0. The Kier molecular flexibility index (Phi) is 7.92. The number of fused-ring (bicyclic) bond motifs is 1. The van der Waals surface area contributed by atoms with Gasteiger partial charge in [-0.05, 0) is 45.3 Å². The van der Waals surface area contributed by atoms with Crippen LogP contribution in [0, 0.1) is 0 Å². The number of benzene rings is 2. The summed E-state index contributed by atoms with van der Waals surface area (Å²) in [5.74, 6) is 0.0738. The molecule has 0 atom stereocenters. The summed E-state index contributed by atoms with van der Waals surface area (Å²) in [7, 11) is 5.32. The molecule has 1 aliphatic rings. The molecule has 0 unspecified atom stereocenters. The second-order valence-corrected chi connectivity index (χ2v) is 7.76. The van der Waals surface area contributed by atoms with Gasteiger partial charge in [-0.1, -0.05) is 41.9 Å².